The maximum Gasteiger partial charge on any atom is 0.253 e. The van der Waals surface area contributed by atoms with Gasteiger partial charge in [0.25, 0.3) is 5.91 Å². The molecule has 2 N–H and O–H groups in total. The molecule has 0 heterocycles. The normalized spacial score (nSPS) is 11.7. The molecular weight excluding hydrogens is 344 g/mol. The summed E-state index contributed by atoms with van der Waals surface area (Å²) < 4.78 is 0. The number of anilines is 1. The maximum atomic E-state index is 12.4. The smallest absolute Gasteiger partial charge is 0.253 e. The number of benzene rings is 2. The summed E-state index contributed by atoms with van der Waals surface area (Å²) in [5, 5.41) is 5.79. The van der Waals surface area contributed by atoms with Crippen molar-refractivity contribution in [2.45, 2.75) is 39.0 Å². The summed E-state index contributed by atoms with van der Waals surface area (Å²) in [5.41, 5.74) is 3.46. The molecule has 1 atom stereocenters. The largest absolute Gasteiger partial charge is 0.350 e. The van der Waals surface area contributed by atoms with Crippen LogP contribution in [-0.4, -0.2) is 23.6 Å². The van der Waals surface area contributed by atoms with Gasteiger partial charge in [0.15, 0.2) is 0 Å². The van der Waals surface area contributed by atoms with Gasteiger partial charge in [0.05, 0.1) is 17.0 Å². The quantitative estimate of drug-likeness (QED) is 0.724. The Morgan fingerprint density at radius 3 is 2.62 bits per heavy atom. The van der Waals surface area contributed by atoms with Crippen LogP contribution in [0.5, 0.6) is 0 Å². The summed E-state index contributed by atoms with van der Waals surface area (Å²) in [4.78, 5) is 24.6. The van der Waals surface area contributed by atoms with Crippen LogP contribution in [0.15, 0.2) is 48.5 Å². The minimum absolute atomic E-state index is 0.0937. The van der Waals surface area contributed by atoms with Gasteiger partial charge in [-0.25, -0.2) is 0 Å². The molecule has 0 spiro atoms. The predicted molar refractivity (Wildman–Crippen MR) is 110 cm³/mol. The monoisotopic (exact) mass is 370 g/mol. The SMILES string of the molecule is CC[C@@H](C)NC(=O)c1ccccc1NC(=O)CSCc1cccc(C)c1. The molecule has 0 unspecified atom stereocenters. The number of carbonyl (C=O) groups excluding carboxylic acids is 2. The van der Waals surface area contributed by atoms with Gasteiger partial charge >= 0.3 is 0 Å². The second-order valence-electron chi connectivity index (χ2n) is 6.36. The fraction of sp³-hybridized carbons (Fsp3) is 0.333. The first-order valence-electron chi connectivity index (χ1n) is 8.82. The third kappa shape index (κ3) is 6.23. The molecule has 0 aliphatic carbocycles. The third-order valence-electron chi connectivity index (χ3n) is 4.02. The third-order valence-corrected chi connectivity index (χ3v) is 5.02. The van der Waals surface area contributed by atoms with E-state index in [4.69, 9.17) is 0 Å². The van der Waals surface area contributed by atoms with Crippen LogP contribution in [0.2, 0.25) is 0 Å². The lowest BCUT2D eigenvalue weighted by Gasteiger charge is -2.14. The molecule has 0 aliphatic heterocycles. The average Bonchev–Trinajstić information content (AvgIpc) is 2.62. The molecule has 0 saturated carbocycles. The topological polar surface area (TPSA) is 58.2 Å². The van der Waals surface area contributed by atoms with Gasteiger partial charge < -0.3 is 10.6 Å². The van der Waals surface area contributed by atoms with E-state index < -0.39 is 0 Å². The molecular formula is C21H26N2O2S. The number of thioether (sulfide) groups is 1. The fourth-order valence-corrected chi connectivity index (χ4v) is 3.22. The highest BCUT2D eigenvalue weighted by Gasteiger charge is 2.14. The Bertz CT molecular complexity index is 761. The zero-order chi connectivity index (χ0) is 18.9. The molecule has 2 aromatic rings. The maximum absolute atomic E-state index is 12.4. The molecule has 2 aromatic carbocycles. The number of nitrogens with one attached hydrogen (secondary N) is 2. The van der Waals surface area contributed by atoms with Crippen LogP contribution in [0.1, 0.15) is 41.8 Å². The number of rotatable bonds is 8. The first-order valence-corrected chi connectivity index (χ1v) is 9.98. The van der Waals surface area contributed by atoms with Crippen molar-refractivity contribution in [3.63, 3.8) is 0 Å². The van der Waals surface area contributed by atoms with Gasteiger partial charge in [0.1, 0.15) is 0 Å². The number of hydrogen-bond acceptors (Lipinski definition) is 3. The van der Waals surface area contributed by atoms with Crippen molar-refractivity contribution in [3.05, 3.63) is 65.2 Å². The Hall–Kier alpha value is -2.27. The minimum atomic E-state index is -0.164. The first-order chi connectivity index (χ1) is 12.5. The van der Waals surface area contributed by atoms with Crippen LogP contribution >= 0.6 is 11.8 Å². The van der Waals surface area contributed by atoms with E-state index in [0.717, 1.165) is 12.2 Å². The Morgan fingerprint density at radius 1 is 1.12 bits per heavy atom. The van der Waals surface area contributed by atoms with Crippen LogP contribution in [0.25, 0.3) is 0 Å². The van der Waals surface area contributed by atoms with Crippen molar-refractivity contribution in [2.24, 2.45) is 0 Å². The molecule has 0 radical (unpaired) electrons. The molecule has 2 rings (SSSR count). The molecule has 5 heteroatoms. The summed E-state index contributed by atoms with van der Waals surface area (Å²) in [6, 6.07) is 15.5. The second kappa shape index (κ2) is 10.0. The van der Waals surface area contributed by atoms with Gasteiger partial charge in [0.2, 0.25) is 5.91 Å². The van der Waals surface area contributed by atoms with E-state index in [2.05, 4.69) is 35.8 Å². The zero-order valence-electron chi connectivity index (χ0n) is 15.5. The predicted octanol–water partition coefficient (Wildman–Crippen LogP) is 4.40. The van der Waals surface area contributed by atoms with Crippen molar-refractivity contribution in [1.82, 2.24) is 5.32 Å². The molecule has 0 aromatic heterocycles. The highest BCUT2D eigenvalue weighted by Crippen LogP contribution is 2.17. The lowest BCUT2D eigenvalue weighted by atomic mass is 10.1. The van der Waals surface area contributed by atoms with Crippen molar-refractivity contribution < 1.29 is 9.59 Å². The summed E-state index contributed by atoms with van der Waals surface area (Å²) >= 11 is 1.56. The van der Waals surface area contributed by atoms with Crippen LogP contribution in [0.4, 0.5) is 5.69 Å². The van der Waals surface area contributed by atoms with Gasteiger partial charge in [-0.15, -0.1) is 11.8 Å². The molecule has 26 heavy (non-hydrogen) atoms. The van der Waals surface area contributed by atoms with Crippen molar-refractivity contribution in [2.75, 3.05) is 11.1 Å². The summed E-state index contributed by atoms with van der Waals surface area (Å²) in [7, 11) is 0. The van der Waals surface area contributed by atoms with E-state index >= 15 is 0 Å². The number of hydrogen-bond donors (Lipinski definition) is 2. The number of amides is 2. The van der Waals surface area contributed by atoms with Gasteiger partial charge in [-0.3, -0.25) is 9.59 Å². The highest BCUT2D eigenvalue weighted by molar-refractivity contribution is 7.99. The summed E-state index contributed by atoms with van der Waals surface area (Å²) in [5.74, 6) is 0.856. The van der Waals surface area contributed by atoms with Crippen LogP contribution < -0.4 is 10.6 Å². The molecule has 0 fully saturated rings. The van der Waals surface area contributed by atoms with Gasteiger partial charge in [-0.2, -0.15) is 0 Å². The van der Waals surface area contributed by atoms with E-state index in [9.17, 15) is 9.59 Å². The second-order valence-corrected chi connectivity index (χ2v) is 7.34. The van der Waals surface area contributed by atoms with Crippen molar-refractivity contribution in [3.8, 4) is 0 Å². The Labute approximate surface area is 159 Å². The number of carbonyl (C=O) groups is 2. The van der Waals surface area contributed by atoms with Crippen molar-refractivity contribution >= 4 is 29.3 Å². The summed E-state index contributed by atoms with van der Waals surface area (Å²) in [6.07, 6.45) is 0.857. The fourth-order valence-electron chi connectivity index (χ4n) is 2.44. The van der Waals surface area contributed by atoms with E-state index in [-0.39, 0.29) is 17.9 Å². The van der Waals surface area contributed by atoms with Crippen LogP contribution in [0, 0.1) is 6.92 Å². The lowest BCUT2D eigenvalue weighted by molar-refractivity contribution is -0.113. The zero-order valence-corrected chi connectivity index (χ0v) is 16.4. The van der Waals surface area contributed by atoms with E-state index in [1.54, 1.807) is 30.0 Å². The molecule has 0 bridgehead atoms. The van der Waals surface area contributed by atoms with E-state index in [1.807, 2.05) is 26.0 Å². The highest BCUT2D eigenvalue weighted by atomic mass is 32.2. The summed E-state index contributed by atoms with van der Waals surface area (Å²) in [6.45, 7) is 6.04. The van der Waals surface area contributed by atoms with Crippen LogP contribution in [-0.2, 0) is 10.5 Å². The Balaban J connectivity index is 1.91. The lowest BCUT2D eigenvalue weighted by Crippen LogP contribution is -2.32. The molecule has 0 aliphatic rings. The van der Waals surface area contributed by atoms with Gasteiger partial charge in [-0.05, 0) is 38.0 Å². The van der Waals surface area contributed by atoms with Gasteiger partial charge in [-0.1, -0.05) is 48.9 Å². The molecule has 138 valence electrons. The number of para-hydroxylation sites is 1. The average molecular weight is 371 g/mol. The van der Waals surface area contributed by atoms with E-state index in [1.165, 1.54) is 11.1 Å². The van der Waals surface area contributed by atoms with Crippen LogP contribution in [0.3, 0.4) is 0 Å². The van der Waals surface area contributed by atoms with E-state index in [0.29, 0.717) is 17.0 Å². The minimum Gasteiger partial charge on any atom is -0.350 e. The molecule has 4 nitrogen and oxygen atoms in total. The first kappa shape index (κ1) is 20.0. The number of aryl methyl sites for hydroxylation is 1. The molecule has 0 saturated heterocycles. The Kier molecular flexibility index (Phi) is 7.73. The van der Waals surface area contributed by atoms with Crippen molar-refractivity contribution in [1.29, 1.82) is 0 Å². The Morgan fingerprint density at radius 2 is 1.88 bits per heavy atom. The van der Waals surface area contributed by atoms with Gasteiger partial charge in [0, 0.05) is 11.8 Å². The standard InChI is InChI=1S/C21H26N2O2S/c1-4-16(3)22-21(25)18-10-5-6-11-19(18)23-20(24)14-26-13-17-9-7-8-15(2)12-17/h5-12,16H,4,13-14H2,1-3H3,(H,22,25)(H,23,24)/t16-/m1/s1. The molecule has 2 amide bonds.